The standard InChI is InChI=1S/C10H25NO4Si/c1-4-5-10(16(14-2)15-3)11(6-8-12)7-9-13/h10,12-13,16H,4-9H2,1-3H3. The van der Waals surface area contributed by atoms with Gasteiger partial charge in [0.1, 0.15) is 0 Å². The third-order valence-electron chi connectivity index (χ3n) is 2.61. The topological polar surface area (TPSA) is 62.2 Å². The SMILES string of the molecule is CCCC(N(CCO)CCO)[SiH](OC)OC. The van der Waals surface area contributed by atoms with E-state index in [0.29, 0.717) is 13.1 Å². The van der Waals surface area contributed by atoms with E-state index in [9.17, 15) is 0 Å². The molecule has 1 atom stereocenters. The Hall–Kier alpha value is 0.0169. The van der Waals surface area contributed by atoms with E-state index in [1.54, 1.807) is 14.2 Å². The van der Waals surface area contributed by atoms with E-state index in [4.69, 9.17) is 19.1 Å². The first-order chi connectivity index (χ1) is 7.74. The summed E-state index contributed by atoms with van der Waals surface area (Å²) >= 11 is 0. The molecule has 1 unspecified atom stereocenters. The van der Waals surface area contributed by atoms with Gasteiger partial charge in [0.25, 0.3) is 0 Å². The molecule has 0 aliphatic heterocycles. The summed E-state index contributed by atoms with van der Waals surface area (Å²) in [5, 5.41) is 18.0. The Kier molecular flexibility index (Phi) is 10.2. The van der Waals surface area contributed by atoms with Gasteiger partial charge in [0, 0.05) is 27.3 Å². The average molecular weight is 251 g/mol. The zero-order chi connectivity index (χ0) is 12.4. The Bertz CT molecular complexity index is 152. The Morgan fingerprint density at radius 3 is 1.94 bits per heavy atom. The fraction of sp³-hybridized carbons (Fsp3) is 1.00. The molecule has 6 heteroatoms. The molecule has 0 spiro atoms. The molecular formula is C10H25NO4Si. The van der Waals surface area contributed by atoms with Gasteiger partial charge in [-0.05, 0) is 6.42 Å². The summed E-state index contributed by atoms with van der Waals surface area (Å²) in [6.07, 6.45) is 2.01. The van der Waals surface area contributed by atoms with Crippen molar-refractivity contribution in [2.75, 3.05) is 40.5 Å². The predicted octanol–water partition coefficient (Wildman–Crippen LogP) is -0.506. The maximum Gasteiger partial charge on any atom is 0.338 e. The summed E-state index contributed by atoms with van der Waals surface area (Å²) in [7, 11) is 1.59. The van der Waals surface area contributed by atoms with Crippen LogP contribution in [0.1, 0.15) is 19.8 Å². The average Bonchev–Trinajstić information content (AvgIpc) is 2.29. The Morgan fingerprint density at radius 1 is 1.12 bits per heavy atom. The van der Waals surface area contributed by atoms with Gasteiger partial charge >= 0.3 is 9.28 Å². The number of hydrogen-bond donors (Lipinski definition) is 2. The van der Waals surface area contributed by atoms with Gasteiger partial charge in [-0.25, -0.2) is 0 Å². The molecule has 98 valence electrons. The van der Waals surface area contributed by atoms with Crippen LogP contribution in [0.25, 0.3) is 0 Å². The van der Waals surface area contributed by atoms with E-state index in [0.717, 1.165) is 12.8 Å². The third-order valence-corrected chi connectivity index (χ3v) is 4.92. The molecule has 0 saturated carbocycles. The zero-order valence-electron chi connectivity index (χ0n) is 10.6. The predicted molar refractivity (Wildman–Crippen MR) is 65.6 cm³/mol. The maximum absolute atomic E-state index is 9.02. The van der Waals surface area contributed by atoms with Crippen LogP contribution in [0.2, 0.25) is 0 Å². The normalized spacial score (nSPS) is 13.7. The lowest BCUT2D eigenvalue weighted by Gasteiger charge is -2.33. The number of nitrogens with zero attached hydrogens (tertiary/aromatic N) is 1. The van der Waals surface area contributed by atoms with E-state index in [1.807, 2.05) is 0 Å². The molecule has 0 aromatic rings. The van der Waals surface area contributed by atoms with Crippen LogP contribution < -0.4 is 0 Å². The summed E-state index contributed by atoms with van der Waals surface area (Å²) < 4.78 is 10.8. The number of aliphatic hydroxyl groups is 2. The van der Waals surface area contributed by atoms with E-state index < -0.39 is 9.28 Å². The lowest BCUT2D eigenvalue weighted by atomic mass is 10.3. The molecule has 0 saturated heterocycles. The second kappa shape index (κ2) is 10.2. The first-order valence-corrected chi connectivity index (χ1v) is 7.37. The van der Waals surface area contributed by atoms with Crippen LogP contribution in [0.4, 0.5) is 0 Å². The van der Waals surface area contributed by atoms with E-state index >= 15 is 0 Å². The van der Waals surface area contributed by atoms with Crippen LogP contribution in [0, 0.1) is 0 Å². The first-order valence-electron chi connectivity index (χ1n) is 5.76. The largest absolute Gasteiger partial charge is 0.399 e. The van der Waals surface area contributed by atoms with Gasteiger partial charge < -0.3 is 19.1 Å². The van der Waals surface area contributed by atoms with Gasteiger partial charge in [-0.2, -0.15) is 0 Å². The molecule has 0 bridgehead atoms. The molecule has 0 fully saturated rings. The quantitative estimate of drug-likeness (QED) is 0.512. The highest BCUT2D eigenvalue weighted by atomic mass is 28.3. The highest BCUT2D eigenvalue weighted by Crippen LogP contribution is 2.11. The minimum absolute atomic E-state index is 0.0920. The Morgan fingerprint density at radius 2 is 1.62 bits per heavy atom. The summed E-state index contributed by atoms with van der Waals surface area (Å²) in [5.74, 6) is 0. The fourth-order valence-corrected chi connectivity index (χ4v) is 3.97. The van der Waals surface area contributed by atoms with E-state index in [1.165, 1.54) is 0 Å². The van der Waals surface area contributed by atoms with Gasteiger partial charge in [0.15, 0.2) is 0 Å². The van der Waals surface area contributed by atoms with Crippen molar-refractivity contribution in [3.05, 3.63) is 0 Å². The first kappa shape index (κ1) is 16.0. The molecule has 0 heterocycles. The lowest BCUT2D eigenvalue weighted by Crippen LogP contribution is -2.50. The van der Waals surface area contributed by atoms with E-state index in [2.05, 4.69) is 11.8 Å². The maximum atomic E-state index is 9.02. The van der Waals surface area contributed by atoms with Crippen molar-refractivity contribution in [1.29, 1.82) is 0 Å². The fourth-order valence-electron chi connectivity index (χ4n) is 1.90. The van der Waals surface area contributed by atoms with Crippen LogP contribution in [-0.4, -0.2) is 70.6 Å². The van der Waals surface area contributed by atoms with Crippen LogP contribution in [-0.2, 0) is 8.85 Å². The molecule has 0 rings (SSSR count). The Balaban J connectivity index is 4.52. The van der Waals surface area contributed by atoms with Crippen molar-refractivity contribution in [3.63, 3.8) is 0 Å². The van der Waals surface area contributed by atoms with Gasteiger partial charge in [-0.15, -0.1) is 0 Å². The smallest absolute Gasteiger partial charge is 0.338 e. The van der Waals surface area contributed by atoms with Crippen molar-refractivity contribution in [3.8, 4) is 0 Å². The molecule has 2 N–H and O–H groups in total. The van der Waals surface area contributed by atoms with Gasteiger partial charge in [0.2, 0.25) is 0 Å². The van der Waals surface area contributed by atoms with Gasteiger partial charge in [-0.1, -0.05) is 13.3 Å². The molecular weight excluding hydrogens is 226 g/mol. The summed E-state index contributed by atoms with van der Waals surface area (Å²) in [5.41, 5.74) is 0.208. The summed E-state index contributed by atoms with van der Waals surface area (Å²) in [6, 6.07) is 0. The zero-order valence-corrected chi connectivity index (χ0v) is 11.7. The minimum atomic E-state index is -1.74. The number of rotatable bonds is 10. The molecule has 0 aliphatic rings. The van der Waals surface area contributed by atoms with Gasteiger partial charge in [-0.3, -0.25) is 4.90 Å². The van der Waals surface area contributed by atoms with E-state index in [-0.39, 0.29) is 18.9 Å². The highest BCUT2D eigenvalue weighted by molar-refractivity contribution is 6.46. The number of hydrogen-bond acceptors (Lipinski definition) is 5. The van der Waals surface area contributed by atoms with Crippen LogP contribution >= 0.6 is 0 Å². The molecule has 0 amide bonds. The Labute approximate surface area is 99.8 Å². The monoisotopic (exact) mass is 251 g/mol. The molecule has 0 aromatic heterocycles. The molecule has 0 radical (unpaired) electrons. The number of aliphatic hydroxyl groups excluding tert-OH is 2. The molecule has 16 heavy (non-hydrogen) atoms. The van der Waals surface area contributed by atoms with Crippen molar-refractivity contribution in [2.45, 2.75) is 25.4 Å². The second-order valence-corrected chi connectivity index (χ2v) is 6.13. The summed E-state index contributed by atoms with van der Waals surface area (Å²) in [4.78, 5) is 2.06. The van der Waals surface area contributed by atoms with Gasteiger partial charge in [0.05, 0.1) is 18.9 Å². The van der Waals surface area contributed by atoms with Crippen LogP contribution in [0.3, 0.4) is 0 Å². The molecule has 0 aliphatic carbocycles. The van der Waals surface area contributed by atoms with Crippen LogP contribution in [0.15, 0.2) is 0 Å². The third kappa shape index (κ3) is 5.38. The minimum Gasteiger partial charge on any atom is -0.399 e. The summed E-state index contributed by atoms with van der Waals surface area (Å²) in [6.45, 7) is 3.41. The van der Waals surface area contributed by atoms with Crippen molar-refractivity contribution in [1.82, 2.24) is 4.90 Å². The van der Waals surface area contributed by atoms with Crippen molar-refractivity contribution >= 4 is 9.28 Å². The molecule has 0 aromatic carbocycles. The van der Waals surface area contributed by atoms with Crippen molar-refractivity contribution < 1.29 is 19.1 Å². The second-order valence-electron chi connectivity index (χ2n) is 3.68. The van der Waals surface area contributed by atoms with Crippen LogP contribution in [0.5, 0.6) is 0 Å². The highest BCUT2D eigenvalue weighted by Gasteiger charge is 2.29. The van der Waals surface area contributed by atoms with Crippen molar-refractivity contribution in [2.24, 2.45) is 0 Å². The lowest BCUT2D eigenvalue weighted by molar-refractivity contribution is 0.121. The molecule has 5 nitrogen and oxygen atoms in total.